The van der Waals surface area contributed by atoms with Crippen molar-refractivity contribution in [1.29, 1.82) is 0 Å². The third kappa shape index (κ3) is 4.49. The second-order valence-corrected chi connectivity index (χ2v) is 6.41. The Labute approximate surface area is 147 Å². The number of hydrogen-bond acceptors (Lipinski definition) is 5. The third-order valence-corrected chi connectivity index (χ3v) is 4.59. The van der Waals surface area contributed by atoms with Crippen molar-refractivity contribution >= 4 is 11.8 Å². The molecule has 136 valence electrons. The Kier molecular flexibility index (Phi) is 5.55. The molecular formula is C18H24N2O5. The van der Waals surface area contributed by atoms with Crippen LogP contribution in [0.4, 0.5) is 0 Å². The number of methoxy groups -OCH3 is 1. The van der Waals surface area contributed by atoms with Gasteiger partial charge in [0.15, 0.2) is 5.79 Å². The summed E-state index contributed by atoms with van der Waals surface area (Å²) in [5, 5.41) is 5.21. The van der Waals surface area contributed by atoms with Gasteiger partial charge in [-0.1, -0.05) is 12.1 Å². The maximum Gasteiger partial charge on any atom is 0.309 e. The van der Waals surface area contributed by atoms with E-state index in [1.54, 1.807) is 19.2 Å². The van der Waals surface area contributed by atoms with Crippen molar-refractivity contribution in [2.75, 3.05) is 20.3 Å². The van der Waals surface area contributed by atoms with E-state index in [0.717, 1.165) is 37.0 Å². The molecule has 2 fully saturated rings. The number of benzene rings is 1. The van der Waals surface area contributed by atoms with Crippen LogP contribution in [0, 0.1) is 0 Å². The van der Waals surface area contributed by atoms with E-state index in [0.29, 0.717) is 6.61 Å². The van der Waals surface area contributed by atoms with Crippen molar-refractivity contribution in [3.8, 4) is 5.75 Å². The Bertz CT molecular complexity index is 610. The van der Waals surface area contributed by atoms with Gasteiger partial charge in [-0.15, -0.1) is 0 Å². The molecule has 1 aliphatic heterocycles. The summed E-state index contributed by atoms with van der Waals surface area (Å²) in [6.45, 7) is 1.01. The highest BCUT2D eigenvalue weighted by atomic mass is 16.7. The molecule has 1 spiro atoms. The van der Waals surface area contributed by atoms with E-state index >= 15 is 0 Å². The summed E-state index contributed by atoms with van der Waals surface area (Å²) in [6.07, 6.45) is 3.82. The van der Waals surface area contributed by atoms with Crippen LogP contribution < -0.4 is 15.4 Å². The second kappa shape index (κ2) is 7.84. The minimum Gasteiger partial charge on any atom is -0.497 e. The largest absolute Gasteiger partial charge is 0.497 e. The predicted molar refractivity (Wildman–Crippen MR) is 89.9 cm³/mol. The van der Waals surface area contributed by atoms with Crippen molar-refractivity contribution in [2.45, 2.75) is 44.1 Å². The van der Waals surface area contributed by atoms with Gasteiger partial charge in [0.05, 0.1) is 13.7 Å². The van der Waals surface area contributed by atoms with Gasteiger partial charge in [-0.3, -0.25) is 9.59 Å². The quantitative estimate of drug-likeness (QED) is 0.779. The summed E-state index contributed by atoms with van der Waals surface area (Å²) in [6, 6.07) is 7.28. The molecule has 2 amide bonds. The van der Waals surface area contributed by atoms with E-state index in [-0.39, 0.29) is 19.2 Å². The molecule has 0 bridgehead atoms. The fourth-order valence-electron chi connectivity index (χ4n) is 3.19. The van der Waals surface area contributed by atoms with Crippen LogP contribution in [0.3, 0.4) is 0 Å². The molecule has 1 heterocycles. The third-order valence-electron chi connectivity index (χ3n) is 4.59. The number of carbonyl (C=O) groups excluding carboxylic acids is 2. The Morgan fingerprint density at radius 3 is 2.52 bits per heavy atom. The van der Waals surface area contributed by atoms with Crippen LogP contribution in [0.5, 0.6) is 5.75 Å². The van der Waals surface area contributed by atoms with Crippen LogP contribution in [0.1, 0.15) is 31.2 Å². The Morgan fingerprint density at radius 1 is 1.16 bits per heavy atom. The molecule has 7 heteroatoms. The zero-order valence-electron chi connectivity index (χ0n) is 14.4. The van der Waals surface area contributed by atoms with Crippen molar-refractivity contribution in [3.63, 3.8) is 0 Å². The maximum absolute atomic E-state index is 11.9. The molecule has 0 unspecified atom stereocenters. The Balaban J connectivity index is 1.38. The molecule has 7 nitrogen and oxygen atoms in total. The molecule has 1 aromatic rings. The number of rotatable bonds is 5. The molecule has 1 aromatic carbocycles. The summed E-state index contributed by atoms with van der Waals surface area (Å²) >= 11 is 0. The van der Waals surface area contributed by atoms with Gasteiger partial charge < -0.3 is 24.8 Å². The molecule has 1 saturated carbocycles. The van der Waals surface area contributed by atoms with Crippen LogP contribution in [-0.2, 0) is 25.6 Å². The first-order chi connectivity index (χ1) is 12.1. The lowest BCUT2D eigenvalue weighted by Crippen LogP contribution is -2.43. The molecule has 0 aromatic heterocycles. The van der Waals surface area contributed by atoms with E-state index in [2.05, 4.69) is 10.6 Å². The Morgan fingerprint density at radius 2 is 1.84 bits per heavy atom. The van der Waals surface area contributed by atoms with Gasteiger partial charge in [-0.05, 0) is 30.5 Å². The summed E-state index contributed by atoms with van der Waals surface area (Å²) in [4.78, 5) is 23.8. The van der Waals surface area contributed by atoms with Crippen molar-refractivity contribution < 1.29 is 23.8 Å². The topological polar surface area (TPSA) is 85.9 Å². The molecule has 0 radical (unpaired) electrons. The van der Waals surface area contributed by atoms with Crippen LogP contribution in [0.25, 0.3) is 0 Å². The summed E-state index contributed by atoms with van der Waals surface area (Å²) in [7, 11) is 1.59. The van der Waals surface area contributed by atoms with E-state index in [4.69, 9.17) is 14.2 Å². The molecule has 25 heavy (non-hydrogen) atoms. The lowest BCUT2D eigenvalue weighted by molar-refractivity contribution is -0.161. The fourth-order valence-corrected chi connectivity index (χ4v) is 3.19. The van der Waals surface area contributed by atoms with Crippen LogP contribution in [-0.4, -0.2) is 44.0 Å². The van der Waals surface area contributed by atoms with Crippen LogP contribution in [0.2, 0.25) is 0 Å². The molecular weight excluding hydrogens is 324 g/mol. The predicted octanol–water partition coefficient (Wildman–Crippen LogP) is 1.11. The minimum absolute atomic E-state index is 0.198. The zero-order chi connectivity index (χ0) is 17.7. The molecule has 1 saturated heterocycles. The maximum atomic E-state index is 11.9. The monoisotopic (exact) mass is 348 g/mol. The zero-order valence-corrected chi connectivity index (χ0v) is 14.4. The summed E-state index contributed by atoms with van der Waals surface area (Å²) < 4.78 is 16.7. The first-order valence-corrected chi connectivity index (χ1v) is 8.61. The normalized spacial score (nSPS) is 21.2. The lowest BCUT2D eigenvalue weighted by atomic mass is 10.2. The second-order valence-electron chi connectivity index (χ2n) is 6.41. The molecule has 1 aliphatic carbocycles. The van der Waals surface area contributed by atoms with E-state index < -0.39 is 17.6 Å². The highest BCUT2D eigenvalue weighted by molar-refractivity contribution is 6.35. The van der Waals surface area contributed by atoms with E-state index in [9.17, 15) is 9.59 Å². The van der Waals surface area contributed by atoms with Crippen LogP contribution >= 0.6 is 0 Å². The van der Waals surface area contributed by atoms with Gasteiger partial charge in [0.2, 0.25) is 0 Å². The first-order valence-electron chi connectivity index (χ1n) is 8.61. The van der Waals surface area contributed by atoms with Gasteiger partial charge in [0.25, 0.3) is 0 Å². The Hall–Kier alpha value is -2.12. The number of amides is 2. The summed E-state index contributed by atoms with van der Waals surface area (Å²) in [5.41, 5.74) is 0.887. The average molecular weight is 348 g/mol. The van der Waals surface area contributed by atoms with Gasteiger partial charge in [-0.25, -0.2) is 0 Å². The van der Waals surface area contributed by atoms with Gasteiger partial charge in [-0.2, -0.15) is 0 Å². The average Bonchev–Trinajstić information content (AvgIpc) is 3.27. The van der Waals surface area contributed by atoms with E-state index in [1.165, 1.54) is 0 Å². The molecule has 2 N–H and O–H groups in total. The van der Waals surface area contributed by atoms with Crippen molar-refractivity contribution in [2.24, 2.45) is 0 Å². The highest BCUT2D eigenvalue weighted by Crippen LogP contribution is 2.38. The minimum atomic E-state index is -0.663. The van der Waals surface area contributed by atoms with Gasteiger partial charge in [0.1, 0.15) is 11.9 Å². The summed E-state index contributed by atoms with van der Waals surface area (Å²) in [5.74, 6) is -1.03. The van der Waals surface area contributed by atoms with Gasteiger partial charge >= 0.3 is 11.8 Å². The van der Waals surface area contributed by atoms with E-state index in [1.807, 2.05) is 12.1 Å². The molecule has 2 aliphatic rings. The first kappa shape index (κ1) is 17.7. The number of nitrogens with one attached hydrogen (secondary N) is 2. The van der Waals surface area contributed by atoms with Crippen molar-refractivity contribution in [3.05, 3.63) is 29.8 Å². The fraction of sp³-hybridized carbons (Fsp3) is 0.556. The molecule has 3 rings (SSSR count). The number of carbonyl (C=O) groups is 2. The van der Waals surface area contributed by atoms with Gasteiger partial charge in [0, 0.05) is 25.9 Å². The number of hydrogen-bond donors (Lipinski definition) is 2. The highest BCUT2D eigenvalue weighted by Gasteiger charge is 2.43. The standard InChI is InChI=1S/C18H24N2O5/c1-23-14-6-4-13(5-7-14)10-19-16(21)17(22)20-11-15-12-24-18(25-15)8-2-3-9-18/h4-7,15H,2-3,8-12H2,1H3,(H,19,21)(H,20,22)/t15-/m1/s1. The number of ether oxygens (including phenoxy) is 3. The smallest absolute Gasteiger partial charge is 0.309 e. The van der Waals surface area contributed by atoms with Crippen LogP contribution in [0.15, 0.2) is 24.3 Å². The van der Waals surface area contributed by atoms with Crippen molar-refractivity contribution in [1.82, 2.24) is 10.6 Å². The lowest BCUT2D eigenvalue weighted by Gasteiger charge is -2.21. The SMILES string of the molecule is COc1ccc(CNC(=O)C(=O)NC[C@@H]2COC3(CCCC3)O2)cc1. The molecule has 1 atom stereocenters.